The third kappa shape index (κ3) is 2.80. The Bertz CT molecular complexity index is 284. The third-order valence-corrected chi connectivity index (χ3v) is 4.17. The normalized spacial score (nSPS) is 28.1. The Morgan fingerprint density at radius 1 is 1.60 bits per heavy atom. The van der Waals surface area contributed by atoms with Crippen molar-refractivity contribution < 1.29 is 0 Å². The summed E-state index contributed by atoms with van der Waals surface area (Å²) in [6.45, 7) is 5.44. The number of thiophene rings is 1. The van der Waals surface area contributed by atoms with Gasteiger partial charge in [-0.2, -0.15) is 0 Å². The van der Waals surface area contributed by atoms with E-state index in [1.54, 1.807) is 0 Å². The summed E-state index contributed by atoms with van der Waals surface area (Å²) >= 11 is 1.85. The predicted octanol–water partition coefficient (Wildman–Crippen LogP) is 2.31. The van der Waals surface area contributed by atoms with Gasteiger partial charge in [-0.1, -0.05) is 13.0 Å². The van der Waals surface area contributed by atoms with E-state index < -0.39 is 0 Å². The lowest BCUT2D eigenvalue weighted by molar-refractivity contribution is 0.116. The van der Waals surface area contributed by atoms with E-state index in [1.807, 2.05) is 11.3 Å². The first-order chi connectivity index (χ1) is 7.29. The molecule has 1 aromatic heterocycles. The average Bonchev–Trinajstić information content (AvgIpc) is 2.73. The second kappa shape index (κ2) is 5.10. The summed E-state index contributed by atoms with van der Waals surface area (Å²) in [6.07, 6.45) is 2.59. The lowest BCUT2D eigenvalue weighted by Gasteiger charge is -2.37. The fourth-order valence-electron chi connectivity index (χ4n) is 2.36. The molecule has 0 radical (unpaired) electrons. The summed E-state index contributed by atoms with van der Waals surface area (Å²) in [5, 5.41) is 2.15. The largest absolute Gasteiger partial charge is 0.329 e. The van der Waals surface area contributed by atoms with E-state index >= 15 is 0 Å². The van der Waals surface area contributed by atoms with Crippen LogP contribution in [0.4, 0.5) is 0 Å². The van der Waals surface area contributed by atoms with Crippen molar-refractivity contribution in [2.24, 2.45) is 11.7 Å². The van der Waals surface area contributed by atoms with Gasteiger partial charge in [0.05, 0.1) is 0 Å². The van der Waals surface area contributed by atoms with Crippen LogP contribution in [0.2, 0.25) is 0 Å². The zero-order valence-electron chi connectivity index (χ0n) is 9.36. The molecule has 2 nitrogen and oxygen atoms in total. The Morgan fingerprint density at radius 2 is 2.47 bits per heavy atom. The van der Waals surface area contributed by atoms with Crippen LogP contribution in [0.5, 0.6) is 0 Å². The van der Waals surface area contributed by atoms with Crippen LogP contribution in [0.3, 0.4) is 0 Å². The van der Waals surface area contributed by atoms with Crippen molar-refractivity contribution in [3.8, 4) is 0 Å². The van der Waals surface area contributed by atoms with Gasteiger partial charge in [-0.15, -0.1) is 11.3 Å². The van der Waals surface area contributed by atoms with Crippen LogP contribution < -0.4 is 5.73 Å². The van der Waals surface area contributed by atoms with Crippen LogP contribution in [0.25, 0.3) is 0 Å². The van der Waals surface area contributed by atoms with Crippen LogP contribution in [0, 0.1) is 5.92 Å². The van der Waals surface area contributed by atoms with E-state index in [9.17, 15) is 0 Å². The van der Waals surface area contributed by atoms with E-state index in [0.29, 0.717) is 6.04 Å². The van der Waals surface area contributed by atoms with Crippen molar-refractivity contribution in [1.82, 2.24) is 4.90 Å². The van der Waals surface area contributed by atoms with Gasteiger partial charge in [0.1, 0.15) is 0 Å². The molecule has 2 rings (SSSR count). The minimum atomic E-state index is 0.593. The Hall–Kier alpha value is -0.380. The summed E-state index contributed by atoms with van der Waals surface area (Å²) in [4.78, 5) is 4.01. The maximum Gasteiger partial charge on any atom is 0.0331 e. The van der Waals surface area contributed by atoms with Crippen LogP contribution >= 0.6 is 11.3 Å². The summed E-state index contributed by atoms with van der Waals surface area (Å²) in [7, 11) is 0. The molecule has 0 aromatic carbocycles. The summed E-state index contributed by atoms with van der Waals surface area (Å²) in [5.41, 5.74) is 5.85. The molecule has 0 bridgehead atoms. The number of hydrogen-bond acceptors (Lipinski definition) is 3. The van der Waals surface area contributed by atoms with Crippen molar-refractivity contribution >= 4 is 11.3 Å². The van der Waals surface area contributed by atoms with Gasteiger partial charge in [-0.25, -0.2) is 0 Å². The first-order valence-corrected chi connectivity index (χ1v) is 6.64. The lowest BCUT2D eigenvalue weighted by Crippen LogP contribution is -2.45. The van der Waals surface area contributed by atoms with Crippen molar-refractivity contribution in [3.05, 3.63) is 22.4 Å². The topological polar surface area (TPSA) is 29.3 Å². The molecule has 1 saturated heterocycles. The van der Waals surface area contributed by atoms with Crippen LogP contribution in [-0.2, 0) is 6.54 Å². The SMILES string of the molecule is CC1CCN(Cc2cccs2)C(CN)C1. The molecule has 2 unspecified atom stereocenters. The number of nitrogens with two attached hydrogens (primary N) is 1. The van der Waals surface area contributed by atoms with E-state index in [4.69, 9.17) is 5.73 Å². The van der Waals surface area contributed by atoms with Crippen molar-refractivity contribution in [1.29, 1.82) is 0 Å². The first kappa shape index (κ1) is 11.1. The second-order valence-corrected chi connectivity index (χ2v) is 5.60. The maximum atomic E-state index is 5.85. The molecule has 2 N–H and O–H groups in total. The summed E-state index contributed by atoms with van der Waals surface area (Å²) in [5.74, 6) is 0.845. The minimum Gasteiger partial charge on any atom is -0.329 e. The average molecular weight is 224 g/mol. The standard InChI is InChI=1S/C12H20N2S/c1-10-4-5-14(11(7-10)8-13)9-12-3-2-6-15-12/h2-3,6,10-11H,4-5,7-9,13H2,1H3. The molecule has 0 spiro atoms. The van der Waals surface area contributed by atoms with Crippen LogP contribution in [0.1, 0.15) is 24.6 Å². The predicted molar refractivity (Wildman–Crippen MR) is 66.0 cm³/mol. The fourth-order valence-corrected chi connectivity index (χ4v) is 3.09. The Labute approximate surface area is 96.1 Å². The quantitative estimate of drug-likeness (QED) is 0.853. The molecule has 3 heteroatoms. The smallest absolute Gasteiger partial charge is 0.0331 e. The van der Waals surface area contributed by atoms with Gasteiger partial charge >= 0.3 is 0 Å². The molecule has 2 heterocycles. The molecule has 1 aliphatic heterocycles. The monoisotopic (exact) mass is 224 g/mol. The maximum absolute atomic E-state index is 5.85. The summed E-state index contributed by atoms with van der Waals surface area (Å²) < 4.78 is 0. The molecule has 0 amide bonds. The molecule has 15 heavy (non-hydrogen) atoms. The number of rotatable bonds is 3. The third-order valence-electron chi connectivity index (χ3n) is 3.31. The highest BCUT2D eigenvalue weighted by molar-refractivity contribution is 7.09. The number of piperidine rings is 1. The molecular formula is C12H20N2S. The molecular weight excluding hydrogens is 204 g/mol. The fraction of sp³-hybridized carbons (Fsp3) is 0.667. The molecule has 0 saturated carbocycles. The van der Waals surface area contributed by atoms with Gasteiger partial charge < -0.3 is 5.73 Å². The summed E-state index contributed by atoms with van der Waals surface area (Å²) in [6, 6.07) is 4.94. The second-order valence-electron chi connectivity index (χ2n) is 4.57. The highest BCUT2D eigenvalue weighted by Gasteiger charge is 2.25. The van der Waals surface area contributed by atoms with E-state index in [-0.39, 0.29) is 0 Å². The van der Waals surface area contributed by atoms with Crippen molar-refractivity contribution in [2.75, 3.05) is 13.1 Å². The highest BCUT2D eigenvalue weighted by atomic mass is 32.1. The van der Waals surface area contributed by atoms with Gasteiger partial charge in [0.25, 0.3) is 0 Å². The van der Waals surface area contributed by atoms with Gasteiger partial charge in [0, 0.05) is 24.0 Å². The molecule has 2 atom stereocenters. The molecule has 84 valence electrons. The van der Waals surface area contributed by atoms with Gasteiger partial charge in [-0.05, 0) is 36.8 Å². The molecule has 1 aromatic rings. The van der Waals surface area contributed by atoms with Crippen molar-refractivity contribution in [2.45, 2.75) is 32.4 Å². The molecule has 1 aliphatic rings. The van der Waals surface area contributed by atoms with E-state index in [0.717, 1.165) is 19.0 Å². The first-order valence-electron chi connectivity index (χ1n) is 5.76. The molecule has 1 fully saturated rings. The van der Waals surface area contributed by atoms with E-state index in [1.165, 1.54) is 24.3 Å². The highest BCUT2D eigenvalue weighted by Crippen LogP contribution is 2.24. The minimum absolute atomic E-state index is 0.593. The Morgan fingerprint density at radius 3 is 3.13 bits per heavy atom. The Balaban J connectivity index is 1.95. The number of hydrogen-bond donors (Lipinski definition) is 1. The zero-order chi connectivity index (χ0) is 10.7. The van der Waals surface area contributed by atoms with Gasteiger partial charge in [-0.3, -0.25) is 4.90 Å². The van der Waals surface area contributed by atoms with Crippen molar-refractivity contribution in [3.63, 3.8) is 0 Å². The molecule has 0 aliphatic carbocycles. The van der Waals surface area contributed by atoms with E-state index in [2.05, 4.69) is 29.3 Å². The zero-order valence-corrected chi connectivity index (χ0v) is 10.2. The van der Waals surface area contributed by atoms with Gasteiger partial charge in [0.15, 0.2) is 0 Å². The number of likely N-dealkylation sites (tertiary alicyclic amines) is 1. The van der Waals surface area contributed by atoms with Crippen LogP contribution in [-0.4, -0.2) is 24.0 Å². The number of nitrogens with zero attached hydrogens (tertiary/aromatic N) is 1. The lowest BCUT2D eigenvalue weighted by atomic mass is 9.92. The Kier molecular flexibility index (Phi) is 3.78. The van der Waals surface area contributed by atoms with Gasteiger partial charge in [0.2, 0.25) is 0 Å². The van der Waals surface area contributed by atoms with Crippen LogP contribution in [0.15, 0.2) is 17.5 Å².